The van der Waals surface area contributed by atoms with Crippen LogP contribution >= 0.6 is 0 Å². The van der Waals surface area contributed by atoms with E-state index < -0.39 is 0 Å². The molecule has 0 aromatic heterocycles. The molecule has 4 heteroatoms. The summed E-state index contributed by atoms with van der Waals surface area (Å²) in [4.78, 5) is 13.8. The van der Waals surface area contributed by atoms with Gasteiger partial charge in [0.25, 0.3) is 0 Å². The molecule has 92 valence electrons. The molecular formula is C13H19N3O. The monoisotopic (exact) mass is 233 g/mol. The van der Waals surface area contributed by atoms with E-state index in [1.807, 2.05) is 24.3 Å². The van der Waals surface area contributed by atoms with Crippen molar-refractivity contribution in [2.45, 2.75) is 6.54 Å². The van der Waals surface area contributed by atoms with Crippen molar-refractivity contribution in [3.63, 3.8) is 0 Å². The maximum atomic E-state index is 11.4. The van der Waals surface area contributed by atoms with E-state index in [2.05, 4.69) is 10.2 Å². The van der Waals surface area contributed by atoms with E-state index in [9.17, 15) is 4.79 Å². The fourth-order valence-electron chi connectivity index (χ4n) is 2.04. The molecule has 0 amide bonds. The van der Waals surface area contributed by atoms with Crippen LogP contribution in [0.3, 0.4) is 0 Å². The van der Waals surface area contributed by atoms with E-state index >= 15 is 0 Å². The number of benzene rings is 1. The zero-order valence-corrected chi connectivity index (χ0v) is 9.98. The molecule has 0 unspecified atom stereocenters. The largest absolute Gasteiger partial charge is 0.324 e. The zero-order valence-electron chi connectivity index (χ0n) is 9.98. The normalized spacial score (nSPS) is 17.0. The fraction of sp³-hybridized carbons (Fsp3) is 0.462. The van der Waals surface area contributed by atoms with Crippen LogP contribution in [0.2, 0.25) is 0 Å². The highest BCUT2D eigenvalue weighted by Crippen LogP contribution is 2.08. The third-order valence-electron chi connectivity index (χ3n) is 3.08. The van der Waals surface area contributed by atoms with Gasteiger partial charge in [0.1, 0.15) is 0 Å². The van der Waals surface area contributed by atoms with Crippen molar-refractivity contribution in [1.82, 2.24) is 10.2 Å². The Hall–Kier alpha value is -1.23. The lowest BCUT2D eigenvalue weighted by Gasteiger charge is -2.27. The lowest BCUT2D eigenvalue weighted by molar-refractivity contribution is 0.100. The predicted octanol–water partition coefficient (Wildman–Crippen LogP) is 0.233. The van der Waals surface area contributed by atoms with E-state index in [1.54, 1.807) is 0 Å². The highest BCUT2D eigenvalue weighted by molar-refractivity contribution is 5.97. The van der Waals surface area contributed by atoms with Gasteiger partial charge in [-0.2, -0.15) is 0 Å². The zero-order chi connectivity index (χ0) is 12.1. The van der Waals surface area contributed by atoms with Crippen LogP contribution in [0, 0.1) is 0 Å². The van der Waals surface area contributed by atoms with Gasteiger partial charge < -0.3 is 11.1 Å². The Morgan fingerprint density at radius 2 is 1.88 bits per heavy atom. The third kappa shape index (κ3) is 3.36. The maximum absolute atomic E-state index is 11.4. The van der Waals surface area contributed by atoms with Gasteiger partial charge in [-0.15, -0.1) is 0 Å². The number of nitrogens with two attached hydrogens (primary N) is 1. The molecule has 4 nitrogen and oxygen atoms in total. The molecule has 0 spiro atoms. The van der Waals surface area contributed by atoms with Gasteiger partial charge >= 0.3 is 0 Å². The number of carbonyl (C=O) groups excluding carboxylic acids is 1. The lowest BCUT2D eigenvalue weighted by atomic mass is 10.1. The van der Waals surface area contributed by atoms with Crippen LogP contribution < -0.4 is 11.1 Å². The van der Waals surface area contributed by atoms with Crippen molar-refractivity contribution in [1.29, 1.82) is 0 Å². The Balaban J connectivity index is 1.95. The first-order chi connectivity index (χ1) is 8.29. The van der Waals surface area contributed by atoms with Gasteiger partial charge in [0, 0.05) is 38.3 Å². The van der Waals surface area contributed by atoms with Crippen LogP contribution in [0.5, 0.6) is 0 Å². The van der Waals surface area contributed by atoms with Gasteiger partial charge in [-0.25, -0.2) is 0 Å². The van der Waals surface area contributed by atoms with Gasteiger partial charge in [-0.1, -0.05) is 24.3 Å². The minimum atomic E-state index is -0.00118. The number of nitrogens with one attached hydrogen (secondary N) is 1. The Morgan fingerprint density at radius 1 is 1.24 bits per heavy atom. The molecule has 0 atom stereocenters. The predicted molar refractivity (Wildman–Crippen MR) is 68.0 cm³/mol. The Kier molecular flexibility index (Phi) is 4.25. The standard InChI is InChI=1S/C13H19N3O/c14-9-13(17)12-3-1-11(2-4-12)10-16-7-5-15-6-8-16/h1-4,15H,5-10,14H2. The third-order valence-corrected chi connectivity index (χ3v) is 3.08. The van der Waals surface area contributed by atoms with Crippen molar-refractivity contribution >= 4 is 5.78 Å². The molecule has 3 N–H and O–H groups in total. The highest BCUT2D eigenvalue weighted by Gasteiger charge is 2.10. The summed E-state index contributed by atoms with van der Waals surface area (Å²) < 4.78 is 0. The van der Waals surface area contributed by atoms with E-state index in [4.69, 9.17) is 5.73 Å². The van der Waals surface area contributed by atoms with E-state index in [0.29, 0.717) is 5.56 Å². The van der Waals surface area contributed by atoms with Gasteiger partial charge in [-0.05, 0) is 5.56 Å². The number of carbonyl (C=O) groups is 1. The summed E-state index contributed by atoms with van der Waals surface area (Å²) in [5, 5.41) is 3.33. The van der Waals surface area contributed by atoms with Gasteiger partial charge in [0.05, 0.1) is 6.54 Å². The molecule has 0 saturated carbocycles. The Morgan fingerprint density at radius 3 is 2.47 bits per heavy atom. The van der Waals surface area contributed by atoms with Crippen molar-refractivity contribution in [3.8, 4) is 0 Å². The molecule has 2 rings (SSSR count). The molecule has 1 aliphatic rings. The molecule has 17 heavy (non-hydrogen) atoms. The minimum absolute atomic E-state index is 0.00118. The molecule has 1 aromatic rings. The summed E-state index contributed by atoms with van der Waals surface area (Å²) in [6.07, 6.45) is 0. The van der Waals surface area contributed by atoms with E-state index in [0.717, 1.165) is 32.7 Å². The fourth-order valence-corrected chi connectivity index (χ4v) is 2.04. The molecule has 1 fully saturated rings. The summed E-state index contributed by atoms with van der Waals surface area (Å²) in [6.45, 7) is 5.33. The topological polar surface area (TPSA) is 58.4 Å². The van der Waals surface area contributed by atoms with Gasteiger partial charge in [0.2, 0.25) is 0 Å². The van der Waals surface area contributed by atoms with Crippen LogP contribution in [0.15, 0.2) is 24.3 Å². The minimum Gasteiger partial charge on any atom is -0.324 e. The molecule has 1 saturated heterocycles. The molecule has 1 aliphatic heterocycles. The maximum Gasteiger partial charge on any atom is 0.176 e. The summed E-state index contributed by atoms with van der Waals surface area (Å²) in [7, 11) is 0. The number of Topliss-reactive ketones (excluding diaryl/α,β-unsaturated/α-hetero) is 1. The molecule has 0 radical (unpaired) electrons. The number of nitrogens with zero attached hydrogens (tertiary/aromatic N) is 1. The number of piperazine rings is 1. The second-order valence-electron chi connectivity index (χ2n) is 4.35. The van der Waals surface area contributed by atoms with Crippen molar-refractivity contribution in [3.05, 3.63) is 35.4 Å². The van der Waals surface area contributed by atoms with E-state index in [1.165, 1.54) is 5.56 Å². The second-order valence-corrected chi connectivity index (χ2v) is 4.35. The van der Waals surface area contributed by atoms with Crippen LogP contribution in [-0.4, -0.2) is 43.4 Å². The Bertz CT molecular complexity index is 369. The van der Waals surface area contributed by atoms with Crippen LogP contribution in [0.25, 0.3) is 0 Å². The van der Waals surface area contributed by atoms with Crippen molar-refractivity contribution in [2.75, 3.05) is 32.7 Å². The first-order valence-electron chi connectivity index (χ1n) is 6.05. The number of rotatable bonds is 4. The average molecular weight is 233 g/mol. The highest BCUT2D eigenvalue weighted by atomic mass is 16.1. The molecular weight excluding hydrogens is 214 g/mol. The van der Waals surface area contributed by atoms with Gasteiger partial charge in [0.15, 0.2) is 5.78 Å². The quantitative estimate of drug-likeness (QED) is 0.731. The first kappa shape index (κ1) is 12.2. The SMILES string of the molecule is NCC(=O)c1ccc(CN2CCNCC2)cc1. The molecule has 0 aliphatic carbocycles. The second kappa shape index (κ2) is 5.91. The molecule has 1 heterocycles. The lowest BCUT2D eigenvalue weighted by Crippen LogP contribution is -2.42. The number of ketones is 1. The summed E-state index contributed by atoms with van der Waals surface area (Å²) in [6, 6.07) is 7.77. The Labute approximate surface area is 102 Å². The van der Waals surface area contributed by atoms with Gasteiger partial charge in [-0.3, -0.25) is 9.69 Å². The average Bonchev–Trinajstić information content (AvgIpc) is 2.40. The van der Waals surface area contributed by atoms with Crippen LogP contribution in [0.1, 0.15) is 15.9 Å². The smallest absolute Gasteiger partial charge is 0.176 e. The van der Waals surface area contributed by atoms with Crippen molar-refractivity contribution < 1.29 is 4.79 Å². The van der Waals surface area contributed by atoms with Crippen LogP contribution in [-0.2, 0) is 6.54 Å². The number of hydrogen-bond donors (Lipinski definition) is 2. The number of hydrogen-bond acceptors (Lipinski definition) is 4. The molecule has 0 bridgehead atoms. The molecule has 1 aromatic carbocycles. The first-order valence-corrected chi connectivity index (χ1v) is 6.05. The summed E-state index contributed by atoms with van der Waals surface area (Å²) in [5.74, 6) is -0.00118. The summed E-state index contributed by atoms with van der Waals surface area (Å²) in [5.41, 5.74) is 7.28. The summed E-state index contributed by atoms with van der Waals surface area (Å²) >= 11 is 0. The van der Waals surface area contributed by atoms with E-state index in [-0.39, 0.29) is 12.3 Å². The van der Waals surface area contributed by atoms with Crippen LogP contribution in [0.4, 0.5) is 0 Å². The van der Waals surface area contributed by atoms with Crippen molar-refractivity contribution in [2.24, 2.45) is 5.73 Å².